The molecule has 0 unspecified atom stereocenters. The van der Waals surface area contributed by atoms with Crippen LogP contribution in [0.1, 0.15) is 23.1 Å². The van der Waals surface area contributed by atoms with E-state index in [1.165, 1.54) is 6.20 Å². The second-order valence-electron chi connectivity index (χ2n) is 3.76. The van der Waals surface area contributed by atoms with Gasteiger partial charge in [0.05, 0.1) is 17.1 Å². The first-order valence-electron chi connectivity index (χ1n) is 5.48. The number of nitrogens with zero attached hydrogens (tertiary/aromatic N) is 2. The molecule has 2 rings (SSSR count). The van der Waals surface area contributed by atoms with E-state index < -0.39 is 5.91 Å². The Morgan fingerprint density at radius 1 is 1.63 bits per heavy atom. The van der Waals surface area contributed by atoms with Gasteiger partial charge in [-0.25, -0.2) is 4.98 Å². The number of hydrogen-bond donors (Lipinski definition) is 3. The molecule has 2 aromatic heterocycles. The molecule has 6 nitrogen and oxygen atoms in total. The zero-order valence-electron chi connectivity index (χ0n) is 10.00. The van der Waals surface area contributed by atoms with Gasteiger partial charge in [-0.05, 0) is 28.4 Å². The molecule has 1 amide bonds. The molecular weight excluding hydrogens is 334 g/mol. The molecule has 0 bridgehead atoms. The minimum atomic E-state index is -0.435. The molecule has 2 aromatic rings. The molecule has 0 radical (unpaired) electrons. The standard InChI is InChI=1S/C11H11BrClN5O/c1-2-6-8(14)9(18-17-6)11(19)16-7-3-5(12)4-15-10(7)13/h3-4H,2,14H2,1H3,(H,16,19)(H,17,18). The summed E-state index contributed by atoms with van der Waals surface area (Å²) in [6, 6.07) is 1.65. The first kappa shape index (κ1) is 13.8. The van der Waals surface area contributed by atoms with Gasteiger partial charge >= 0.3 is 0 Å². The number of carbonyl (C=O) groups excluding carboxylic acids is 1. The topological polar surface area (TPSA) is 96.7 Å². The van der Waals surface area contributed by atoms with Gasteiger partial charge < -0.3 is 11.1 Å². The van der Waals surface area contributed by atoms with Crippen LogP contribution in [0.2, 0.25) is 5.15 Å². The van der Waals surface area contributed by atoms with Gasteiger partial charge in [0.15, 0.2) is 10.8 Å². The summed E-state index contributed by atoms with van der Waals surface area (Å²) in [6.07, 6.45) is 2.21. The largest absolute Gasteiger partial charge is 0.395 e. The van der Waals surface area contributed by atoms with E-state index in [-0.39, 0.29) is 10.8 Å². The highest BCUT2D eigenvalue weighted by Gasteiger charge is 2.17. The van der Waals surface area contributed by atoms with Crippen molar-refractivity contribution in [2.24, 2.45) is 0 Å². The summed E-state index contributed by atoms with van der Waals surface area (Å²) in [4.78, 5) is 16.0. The molecule has 0 aliphatic rings. The Hall–Kier alpha value is -1.60. The van der Waals surface area contributed by atoms with Crippen LogP contribution in [0.5, 0.6) is 0 Å². The Kier molecular flexibility index (Phi) is 4.06. The van der Waals surface area contributed by atoms with Crippen molar-refractivity contribution in [1.29, 1.82) is 0 Å². The molecule has 0 spiro atoms. The third-order valence-electron chi connectivity index (χ3n) is 2.51. The number of halogens is 2. The summed E-state index contributed by atoms with van der Waals surface area (Å²) in [6.45, 7) is 1.92. The smallest absolute Gasteiger partial charge is 0.278 e. The predicted octanol–water partition coefficient (Wildman–Crippen LogP) is 2.62. The Balaban J connectivity index is 2.25. The molecule has 0 fully saturated rings. The maximum Gasteiger partial charge on any atom is 0.278 e. The van der Waals surface area contributed by atoms with Crippen LogP contribution in [0.4, 0.5) is 11.4 Å². The Morgan fingerprint density at radius 2 is 2.37 bits per heavy atom. The van der Waals surface area contributed by atoms with Crippen LogP contribution in [0.15, 0.2) is 16.7 Å². The van der Waals surface area contributed by atoms with Gasteiger partial charge in [0.1, 0.15) is 0 Å². The molecule has 0 aliphatic heterocycles. The quantitative estimate of drug-likeness (QED) is 0.746. The molecule has 2 heterocycles. The number of aryl methyl sites for hydroxylation is 1. The summed E-state index contributed by atoms with van der Waals surface area (Å²) >= 11 is 9.15. The van der Waals surface area contributed by atoms with Gasteiger partial charge in [0, 0.05) is 10.7 Å². The van der Waals surface area contributed by atoms with E-state index in [2.05, 4.69) is 36.4 Å². The molecule has 100 valence electrons. The van der Waals surface area contributed by atoms with Crippen LogP contribution < -0.4 is 11.1 Å². The summed E-state index contributed by atoms with van der Waals surface area (Å²) in [5.41, 5.74) is 7.43. The van der Waals surface area contributed by atoms with Gasteiger partial charge in [0.2, 0.25) is 0 Å². The van der Waals surface area contributed by atoms with Crippen molar-refractivity contribution >= 4 is 44.8 Å². The van der Waals surface area contributed by atoms with E-state index in [9.17, 15) is 4.79 Å². The van der Waals surface area contributed by atoms with Crippen molar-refractivity contribution in [2.45, 2.75) is 13.3 Å². The molecule has 0 aromatic carbocycles. The van der Waals surface area contributed by atoms with E-state index in [1.54, 1.807) is 6.07 Å². The number of amides is 1. The van der Waals surface area contributed by atoms with Crippen LogP contribution in [0, 0.1) is 0 Å². The minimum Gasteiger partial charge on any atom is -0.395 e. The molecule has 0 atom stereocenters. The highest BCUT2D eigenvalue weighted by molar-refractivity contribution is 9.10. The number of nitrogen functional groups attached to an aromatic ring is 1. The number of nitrogens with one attached hydrogen (secondary N) is 2. The highest BCUT2D eigenvalue weighted by atomic mass is 79.9. The number of aromatic amines is 1. The average molecular weight is 345 g/mol. The molecule has 0 aliphatic carbocycles. The Bertz CT molecular complexity index is 628. The molecule has 8 heteroatoms. The van der Waals surface area contributed by atoms with Crippen molar-refractivity contribution in [3.63, 3.8) is 0 Å². The molecule has 19 heavy (non-hydrogen) atoms. The summed E-state index contributed by atoms with van der Waals surface area (Å²) in [7, 11) is 0. The number of rotatable bonds is 3. The van der Waals surface area contributed by atoms with Gasteiger partial charge in [-0.1, -0.05) is 18.5 Å². The fourth-order valence-corrected chi connectivity index (χ4v) is 2.00. The molecule has 0 saturated carbocycles. The maximum atomic E-state index is 12.1. The molecular formula is C11H11BrClN5O. The minimum absolute atomic E-state index is 0.146. The van der Waals surface area contributed by atoms with Gasteiger partial charge in [-0.2, -0.15) is 5.10 Å². The number of nitrogens with two attached hydrogens (primary N) is 1. The second-order valence-corrected chi connectivity index (χ2v) is 5.04. The number of carbonyl (C=O) groups is 1. The number of H-pyrrole nitrogens is 1. The zero-order chi connectivity index (χ0) is 14.0. The van der Waals surface area contributed by atoms with Crippen molar-refractivity contribution < 1.29 is 4.79 Å². The molecule has 4 N–H and O–H groups in total. The number of pyridine rings is 1. The fraction of sp³-hybridized carbons (Fsp3) is 0.182. The van der Waals surface area contributed by atoms with E-state index in [0.717, 1.165) is 5.69 Å². The summed E-state index contributed by atoms with van der Waals surface area (Å²) in [5, 5.41) is 9.44. The molecule has 0 saturated heterocycles. The highest BCUT2D eigenvalue weighted by Crippen LogP contribution is 2.24. The number of hydrogen-bond acceptors (Lipinski definition) is 4. The lowest BCUT2D eigenvalue weighted by Gasteiger charge is -2.05. The lowest BCUT2D eigenvalue weighted by atomic mass is 10.2. The van der Waals surface area contributed by atoms with Crippen molar-refractivity contribution in [2.75, 3.05) is 11.1 Å². The van der Waals surface area contributed by atoms with Crippen molar-refractivity contribution in [3.05, 3.63) is 33.3 Å². The SMILES string of the molecule is CCc1[nH]nc(C(=O)Nc2cc(Br)cnc2Cl)c1N. The van der Waals surface area contributed by atoms with Crippen LogP contribution >= 0.6 is 27.5 Å². The third kappa shape index (κ3) is 2.87. The monoisotopic (exact) mass is 343 g/mol. The normalized spacial score (nSPS) is 10.5. The van der Waals surface area contributed by atoms with Gasteiger partial charge in [-0.15, -0.1) is 0 Å². The van der Waals surface area contributed by atoms with E-state index in [4.69, 9.17) is 17.3 Å². The summed E-state index contributed by atoms with van der Waals surface area (Å²) < 4.78 is 0.705. The zero-order valence-corrected chi connectivity index (χ0v) is 12.3. The first-order chi connectivity index (χ1) is 9.02. The fourth-order valence-electron chi connectivity index (χ4n) is 1.52. The lowest BCUT2D eigenvalue weighted by Crippen LogP contribution is -2.15. The number of anilines is 2. The van der Waals surface area contributed by atoms with E-state index >= 15 is 0 Å². The van der Waals surface area contributed by atoms with Crippen LogP contribution in [0.3, 0.4) is 0 Å². The predicted molar refractivity (Wildman–Crippen MR) is 77.3 cm³/mol. The van der Waals surface area contributed by atoms with Crippen LogP contribution in [-0.2, 0) is 6.42 Å². The van der Waals surface area contributed by atoms with Gasteiger partial charge in [-0.3, -0.25) is 9.89 Å². The van der Waals surface area contributed by atoms with Crippen LogP contribution in [-0.4, -0.2) is 21.1 Å². The first-order valence-corrected chi connectivity index (χ1v) is 6.65. The lowest BCUT2D eigenvalue weighted by molar-refractivity contribution is 0.102. The van der Waals surface area contributed by atoms with Gasteiger partial charge in [0.25, 0.3) is 5.91 Å². The maximum absolute atomic E-state index is 12.1. The third-order valence-corrected chi connectivity index (χ3v) is 3.24. The Labute approximate surface area is 122 Å². The Morgan fingerprint density at radius 3 is 3.00 bits per heavy atom. The van der Waals surface area contributed by atoms with E-state index in [0.29, 0.717) is 22.3 Å². The van der Waals surface area contributed by atoms with E-state index in [1.807, 2.05) is 6.92 Å². The van der Waals surface area contributed by atoms with Crippen LogP contribution in [0.25, 0.3) is 0 Å². The second kappa shape index (κ2) is 5.58. The average Bonchev–Trinajstić information content (AvgIpc) is 2.75. The van der Waals surface area contributed by atoms with Crippen molar-refractivity contribution in [1.82, 2.24) is 15.2 Å². The van der Waals surface area contributed by atoms with Crippen molar-refractivity contribution in [3.8, 4) is 0 Å². The summed E-state index contributed by atoms with van der Waals surface area (Å²) in [5.74, 6) is -0.435. The number of aromatic nitrogens is 3.